The Morgan fingerprint density at radius 2 is 2.06 bits per heavy atom. The highest BCUT2D eigenvalue weighted by Gasteiger charge is 2.13. The fourth-order valence-corrected chi connectivity index (χ4v) is 1.96. The standard InChI is InChI=1S/C12H12FN3/c13-10-1-3-11(4-2-10)16-8-9-5-6-14-7-12(9)15-16/h1-4,8,14H,5-7H2. The van der Waals surface area contributed by atoms with Gasteiger partial charge in [-0.2, -0.15) is 5.10 Å². The maximum Gasteiger partial charge on any atom is 0.123 e. The first-order chi connectivity index (χ1) is 7.83. The highest BCUT2D eigenvalue weighted by molar-refractivity contribution is 5.33. The summed E-state index contributed by atoms with van der Waals surface area (Å²) in [5.41, 5.74) is 3.27. The Labute approximate surface area is 92.9 Å². The Balaban J connectivity index is 2.00. The molecule has 0 radical (unpaired) electrons. The van der Waals surface area contributed by atoms with E-state index in [0.29, 0.717) is 0 Å². The van der Waals surface area contributed by atoms with Crippen molar-refractivity contribution in [2.45, 2.75) is 13.0 Å². The third-order valence-electron chi connectivity index (χ3n) is 2.83. The molecule has 4 heteroatoms. The van der Waals surface area contributed by atoms with Crippen molar-refractivity contribution in [1.29, 1.82) is 0 Å². The minimum Gasteiger partial charge on any atom is -0.311 e. The largest absolute Gasteiger partial charge is 0.311 e. The summed E-state index contributed by atoms with van der Waals surface area (Å²) in [6, 6.07) is 6.38. The Hall–Kier alpha value is -1.68. The molecule has 0 bridgehead atoms. The summed E-state index contributed by atoms with van der Waals surface area (Å²) in [6.07, 6.45) is 3.04. The molecule has 0 atom stereocenters. The zero-order chi connectivity index (χ0) is 11.0. The normalized spacial score (nSPS) is 14.8. The van der Waals surface area contributed by atoms with Gasteiger partial charge in [0.05, 0.1) is 11.4 Å². The second kappa shape index (κ2) is 3.72. The number of nitrogens with one attached hydrogen (secondary N) is 1. The molecular weight excluding hydrogens is 205 g/mol. The van der Waals surface area contributed by atoms with Gasteiger partial charge < -0.3 is 5.32 Å². The molecule has 0 saturated heterocycles. The van der Waals surface area contributed by atoms with Crippen molar-refractivity contribution in [3.8, 4) is 5.69 Å². The van der Waals surface area contributed by atoms with E-state index in [-0.39, 0.29) is 5.82 Å². The van der Waals surface area contributed by atoms with Crippen LogP contribution in [0.15, 0.2) is 30.5 Å². The predicted octanol–water partition coefficient (Wildman–Crippen LogP) is 1.66. The van der Waals surface area contributed by atoms with Gasteiger partial charge in [0.25, 0.3) is 0 Å². The number of nitrogens with zero attached hydrogens (tertiary/aromatic N) is 2. The first kappa shape index (κ1) is 9.54. The monoisotopic (exact) mass is 217 g/mol. The van der Waals surface area contributed by atoms with Crippen LogP contribution in [0.5, 0.6) is 0 Å². The summed E-state index contributed by atoms with van der Waals surface area (Å²) in [7, 11) is 0. The molecule has 1 aliphatic rings. The summed E-state index contributed by atoms with van der Waals surface area (Å²) in [5, 5.41) is 7.76. The molecule has 1 N–H and O–H groups in total. The lowest BCUT2D eigenvalue weighted by Gasteiger charge is -2.09. The van der Waals surface area contributed by atoms with Crippen LogP contribution >= 0.6 is 0 Å². The summed E-state index contributed by atoms with van der Waals surface area (Å²) in [6.45, 7) is 1.83. The smallest absolute Gasteiger partial charge is 0.123 e. The average molecular weight is 217 g/mol. The summed E-state index contributed by atoms with van der Waals surface area (Å²) < 4.78 is 14.6. The van der Waals surface area contributed by atoms with Crippen molar-refractivity contribution in [2.75, 3.05) is 6.54 Å². The van der Waals surface area contributed by atoms with Gasteiger partial charge in [0.2, 0.25) is 0 Å². The van der Waals surface area contributed by atoms with E-state index in [1.807, 2.05) is 10.9 Å². The lowest BCUT2D eigenvalue weighted by atomic mass is 10.1. The molecule has 16 heavy (non-hydrogen) atoms. The molecule has 0 unspecified atom stereocenters. The Bertz CT molecular complexity index is 478. The third kappa shape index (κ3) is 1.61. The average Bonchev–Trinajstić information content (AvgIpc) is 2.73. The second-order valence-corrected chi connectivity index (χ2v) is 3.95. The van der Waals surface area contributed by atoms with Gasteiger partial charge in [-0.15, -0.1) is 0 Å². The maximum atomic E-state index is 12.8. The number of rotatable bonds is 1. The Kier molecular flexibility index (Phi) is 2.22. The molecule has 1 aliphatic heterocycles. The van der Waals surface area contributed by atoms with Crippen molar-refractivity contribution < 1.29 is 4.39 Å². The summed E-state index contributed by atoms with van der Waals surface area (Å²) in [5.74, 6) is -0.220. The molecule has 1 aromatic heterocycles. The van der Waals surface area contributed by atoms with E-state index < -0.39 is 0 Å². The number of fused-ring (bicyclic) bond motifs is 1. The zero-order valence-electron chi connectivity index (χ0n) is 8.78. The van der Waals surface area contributed by atoms with Crippen molar-refractivity contribution >= 4 is 0 Å². The molecule has 0 saturated carbocycles. The Morgan fingerprint density at radius 1 is 1.25 bits per heavy atom. The van der Waals surface area contributed by atoms with Gasteiger partial charge in [0, 0.05) is 12.7 Å². The molecule has 0 amide bonds. The Morgan fingerprint density at radius 3 is 2.81 bits per heavy atom. The third-order valence-corrected chi connectivity index (χ3v) is 2.83. The van der Waals surface area contributed by atoms with Gasteiger partial charge in [0.15, 0.2) is 0 Å². The van der Waals surface area contributed by atoms with E-state index in [1.165, 1.54) is 17.7 Å². The molecule has 3 nitrogen and oxygen atoms in total. The second-order valence-electron chi connectivity index (χ2n) is 3.95. The fourth-order valence-electron chi connectivity index (χ4n) is 1.96. The fraction of sp³-hybridized carbons (Fsp3) is 0.250. The van der Waals surface area contributed by atoms with Gasteiger partial charge in [0.1, 0.15) is 5.82 Å². The number of hydrogen-bond donors (Lipinski definition) is 1. The minimum atomic E-state index is -0.220. The van der Waals surface area contributed by atoms with Crippen LogP contribution in [0.2, 0.25) is 0 Å². The highest BCUT2D eigenvalue weighted by atomic mass is 19.1. The molecule has 0 spiro atoms. The lowest BCUT2D eigenvalue weighted by molar-refractivity contribution is 0.625. The molecule has 1 aromatic carbocycles. The lowest BCUT2D eigenvalue weighted by Crippen LogP contribution is -2.22. The van der Waals surface area contributed by atoms with Crippen LogP contribution in [0.3, 0.4) is 0 Å². The number of benzene rings is 1. The van der Waals surface area contributed by atoms with E-state index in [1.54, 1.807) is 12.1 Å². The van der Waals surface area contributed by atoms with Gasteiger partial charge in [-0.1, -0.05) is 0 Å². The van der Waals surface area contributed by atoms with Crippen molar-refractivity contribution in [3.63, 3.8) is 0 Å². The van der Waals surface area contributed by atoms with Crippen LogP contribution in [0.25, 0.3) is 5.69 Å². The van der Waals surface area contributed by atoms with Crippen LogP contribution in [-0.4, -0.2) is 16.3 Å². The topological polar surface area (TPSA) is 29.9 Å². The van der Waals surface area contributed by atoms with Gasteiger partial charge in [-0.25, -0.2) is 9.07 Å². The van der Waals surface area contributed by atoms with Crippen LogP contribution in [0.4, 0.5) is 4.39 Å². The van der Waals surface area contributed by atoms with Crippen LogP contribution < -0.4 is 5.32 Å². The van der Waals surface area contributed by atoms with E-state index in [0.717, 1.165) is 30.9 Å². The van der Waals surface area contributed by atoms with Gasteiger partial charge >= 0.3 is 0 Å². The highest BCUT2D eigenvalue weighted by Crippen LogP contribution is 2.15. The van der Waals surface area contributed by atoms with E-state index >= 15 is 0 Å². The van der Waals surface area contributed by atoms with Gasteiger partial charge in [-0.05, 0) is 42.8 Å². The molecule has 3 rings (SSSR count). The number of aromatic nitrogens is 2. The van der Waals surface area contributed by atoms with Crippen molar-refractivity contribution in [1.82, 2.24) is 15.1 Å². The molecule has 82 valence electrons. The molecular formula is C12H12FN3. The molecule has 2 aromatic rings. The zero-order valence-corrected chi connectivity index (χ0v) is 8.78. The van der Waals surface area contributed by atoms with E-state index in [9.17, 15) is 4.39 Å². The van der Waals surface area contributed by atoms with Crippen LogP contribution in [-0.2, 0) is 13.0 Å². The van der Waals surface area contributed by atoms with Crippen molar-refractivity contribution in [3.05, 3.63) is 47.5 Å². The summed E-state index contributed by atoms with van der Waals surface area (Å²) >= 11 is 0. The predicted molar refractivity (Wildman–Crippen MR) is 58.9 cm³/mol. The number of halogens is 1. The quantitative estimate of drug-likeness (QED) is 0.787. The van der Waals surface area contributed by atoms with E-state index in [4.69, 9.17) is 0 Å². The van der Waals surface area contributed by atoms with Crippen LogP contribution in [0, 0.1) is 5.82 Å². The van der Waals surface area contributed by atoms with Crippen LogP contribution in [0.1, 0.15) is 11.3 Å². The molecule has 0 aliphatic carbocycles. The first-order valence-electron chi connectivity index (χ1n) is 5.37. The SMILES string of the molecule is Fc1ccc(-n2cc3c(n2)CNCC3)cc1. The molecule has 0 fully saturated rings. The first-order valence-corrected chi connectivity index (χ1v) is 5.37. The van der Waals surface area contributed by atoms with E-state index in [2.05, 4.69) is 10.4 Å². The minimum absolute atomic E-state index is 0.220. The molecule has 2 heterocycles. The van der Waals surface area contributed by atoms with Gasteiger partial charge in [-0.3, -0.25) is 0 Å². The van der Waals surface area contributed by atoms with Crippen molar-refractivity contribution in [2.24, 2.45) is 0 Å². The summed E-state index contributed by atoms with van der Waals surface area (Å²) in [4.78, 5) is 0. The maximum absolute atomic E-state index is 12.8. The number of hydrogen-bond acceptors (Lipinski definition) is 2.